The summed E-state index contributed by atoms with van der Waals surface area (Å²) >= 11 is 0. The van der Waals surface area contributed by atoms with Gasteiger partial charge in [-0.3, -0.25) is 9.58 Å². The molecule has 1 aromatic heterocycles. The smallest absolute Gasteiger partial charge is 0.0524 e. The van der Waals surface area contributed by atoms with Gasteiger partial charge in [-0.2, -0.15) is 5.10 Å². The largest absolute Gasteiger partial charge is 0.327 e. The molecule has 0 bridgehead atoms. The lowest BCUT2D eigenvalue weighted by Crippen LogP contribution is -2.52. The molecule has 0 spiro atoms. The van der Waals surface area contributed by atoms with E-state index >= 15 is 0 Å². The maximum Gasteiger partial charge on any atom is 0.0524 e. The van der Waals surface area contributed by atoms with E-state index in [1.807, 2.05) is 6.20 Å². The van der Waals surface area contributed by atoms with Crippen molar-refractivity contribution in [3.63, 3.8) is 0 Å². The van der Waals surface area contributed by atoms with Crippen molar-refractivity contribution in [3.05, 3.63) is 18.0 Å². The minimum Gasteiger partial charge on any atom is -0.327 e. The molecule has 1 fully saturated rings. The Kier molecular flexibility index (Phi) is 5.20. The molecule has 4 nitrogen and oxygen atoms in total. The average molecular weight is 273 g/mol. The molecule has 1 aliphatic heterocycles. The van der Waals surface area contributed by atoms with Crippen LogP contribution in [0.25, 0.3) is 0 Å². The highest BCUT2D eigenvalue weighted by Crippen LogP contribution is 2.28. The summed E-state index contributed by atoms with van der Waals surface area (Å²) in [6.45, 7) is 10.8. The third-order valence-corrected chi connectivity index (χ3v) is 3.88. The van der Waals surface area contributed by atoms with Gasteiger partial charge in [-0.25, -0.2) is 0 Å². The van der Waals surface area contributed by atoms with Crippen LogP contribution in [-0.2, 0) is 13.1 Å². The van der Waals surface area contributed by atoms with E-state index in [4.69, 9.17) is 5.73 Å². The second-order valence-corrected chi connectivity index (χ2v) is 5.73. The Hall–Kier alpha value is -0.580. The lowest BCUT2D eigenvalue weighted by atomic mass is 9.80. The Morgan fingerprint density at radius 2 is 2.22 bits per heavy atom. The zero-order valence-corrected chi connectivity index (χ0v) is 12.4. The number of aryl methyl sites for hydroxylation is 1. The number of nitrogens with zero attached hydrogens (tertiary/aromatic N) is 3. The van der Waals surface area contributed by atoms with E-state index in [1.165, 1.54) is 5.69 Å². The Morgan fingerprint density at radius 3 is 2.83 bits per heavy atom. The van der Waals surface area contributed by atoms with Gasteiger partial charge in [-0.1, -0.05) is 13.8 Å². The Labute approximate surface area is 116 Å². The molecule has 2 rings (SSSR count). The van der Waals surface area contributed by atoms with Crippen molar-refractivity contribution in [2.75, 3.05) is 13.1 Å². The van der Waals surface area contributed by atoms with Gasteiger partial charge in [0.25, 0.3) is 0 Å². The standard InChI is InChI=1S/C13H24N4.ClH/c1-4-17-11(5-7-15-17)9-16-8-6-12(14)13(2,3)10-16;/h5,7,12H,4,6,8-10,14H2,1-3H3;1H. The summed E-state index contributed by atoms with van der Waals surface area (Å²) in [5.74, 6) is 0. The average Bonchev–Trinajstić information content (AvgIpc) is 2.70. The van der Waals surface area contributed by atoms with E-state index in [1.54, 1.807) is 0 Å². The first kappa shape index (κ1) is 15.5. The summed E-state index contributed by atoms with van der Waals surface area (Å²) in [5.41, 5.74) is 7.68. The van der Waals surface area contributed by atoms with Crippen molar-refractivity contribution < 1.29 is 0 Å². The number of likely N-dealkylation sites (tertiary alicyclic amines) is 1. The summed E-state index contributed by atoms with van der Waals surface area (Å²) in [6.07, 6.45) is 2.98. The fourth-order valence-electron chi connectivity index (χ4n) is 2.63. The van der Waals surface area contributed by atoms with Crippen LogP contribution in [0.4, 0.5) is 0 Å². The quantitative estimate of drug-likeness (QED) is 0.914. The lowest BCUT2D eigenvalue weighted by Gasteiger charge is -2.42. The minimum absolute atomic E-state index is 0. The first-order valence-electron chi connectivity index (χ1n) is 6.51. The highest BCUT2D eigenvalue weighted by molar-refractivity contribution is 5.85. The minimum atomic E-state index is 0. The van der Waals surface area contributed by atoms with E-state index in [0.717, 1.165) is 32.6 Å². The second kappa shape index (κ2) is 6.04. The number of hydrogen-bond donors (Lipinski definition) is 1. The number of nitrogens with two attached hydrogens (primary N) is 1. The van der Waals surface area contributed by atoms with Crippen molar-refractivity contribution in [3.8, 4) is 0 Å². The molecule has 1 unspecified atom stereocenters. The van der Waals surface area contributed by atoms with E-state index in [9.17, 15) is 0 Å². The van der Waals surface area contributed by atoms with Gasteiger partial charge in [0.15, 0.2) is 0 Å². The van der Waals surface area contributed by atoms with Gasteiger partial charge in [0, 0.05) is 38.4 Å². The lowest BCUT2D eigenvalue weighted by molar-refractivity contribution is 0.0877. The number of rotatable bonds is 3. The van der Waals surface area contributed by atoms with E-state index in [0.29, 0.717) is 6.04 Å². The predicted octanol–water partition coefficient (Wildman–Crippen LogP) is 1.88. The molecule has 5 heteroatoms. The van der Waals surface area contributed by atoms with Crippen LogP contribution in [0.5, 0.6) is 0 Å². The van der Waals surface area contributed by atoms with Crippen LogP contribution < -0.4 is 5.73 Å². The normalized spacial score (nSPS) is 23.7. The van der Waals surface area contributed by atoms with Gasteiger partial charge in [0.2, 0.25) is 0 Å². The third-order valence-electron chi connectivity index (χ3n) is 3.88. The summed E-state index contributed by atoms with van der Waals surface area (Å²) in [5, 5.41) is 4.32. The second-order valence-electron chi connectivity index (χ2n) is 5.73. The highest BCUT2D eigenvalue weighted by Gasteiger charge is 2.33. The van der Waals surface area contributed by atoms with Crippen LogP contribution in [0.15, 0.2) is 12.3 Å². The van der Waals surface area contributed by atoms with Crippen LogP contribution in [-0.4, -0.2) is 33.8 Å². The molecule has 0 amide bonds. The molecule has 0 radical (unpaired) electrons. The van der Waals surface area contributed by atoms with Crippen LogP contribution >= 0.6 is 12.4 Å². The Bertz CT molecular complexity index is 375. The molecule has 0 saturated carbocycles. The van der Waals surface area contributed by atoms with Gasteiger partial charge in [-0.05, 0) is 24.8 Å². The molecular weight excluding hydrogens is 248 g/mol. The number of hydrogen-bond acceptors (Lipinski definition) is 3. The Morgan fingerprint density at radius 1 is 1.50 bits per heavy atom. The molecule has 2 heterocycles. The number of aromatic nitrogens is 2. The highest BCUT2D eigenvalue weighted by atomic mass is 35.5. The molecule has 1 aromatic rings. The third kappa shape index (κ3) is 3.25. The molecule has 1 saturated heterocycles. The molecule has 1 atom stereocenters. The van der Waals surface area contributed by atoms with Gasteiger partial charge in [-0.15, -0.1) is 12.4 Å². The van der Waals surface area contributed by atoms with E-state index < -0.39 is 0 Å². The van der Waals surface area contributed by atoms with Crippen LogP contribution in [0.2, 0.25) is 0 Å². The summed E-state index contributed by atoms with van der Waals surface area (Å²) in [7, 11) is 0. The van der Waals surface area contributed by atoms with Crippen molar-refractivity contribution in [1.82, 2.24) is 14.7 Å². The number of halogens is 1. The molecule has 1 aliphatic rings. The van der Waals surface area contributed by atoms with Gasteiger partial charge in [0.1, 0.15) is 0 Å². The van der Waals surface area contributed by atoms with E-state index in [-0.39, 0.29) is 17.8 Å². The van der Waals surface area contributed by atoms with Crippen LogP contribution in [0.3, 0.4) is 0 Å². The predicted molar refractivity (Wildman–Crippen MR) is 76.8 cm³/mol. The summed E-state index contributed by atoms with van der Waals surface area (Å²) < 4.78 is 2.07. The fraction of sp³-hybridized carbons (Fsp3) is 0.769. The zero-order valence-electron chi connectivity index (χ0n) is 11.6. The van der Waals surface area contributed by atoms with Crippen molar-refractivity contribution in [2.45, 2.75) is 46.3 Å². The zero-order chi connectivity index (χ0) is 12.5. The van der Waals surface area contributed by atoms with Gasteiger partial charge in [0.05, 0.1) is 5.69 Å². The Balaban J connectivity index is 0.00000162. The first-order valence-corrected chi connectivity index (χ1v) is 6.51. The van der Waals surface area contributed by atoms with Crippen LogP contribution in [0.1, 0.15) is 32.9 Å². The van der Waals surface area contributed by atoms with Gasteiger partial charge >= 0.3 is 0 Å². The SMILES string of the molecule is CCn1nccc1CN1CCC(N)C(C)(C)C1.Cl. The monoisotopic (exact) mass is 272 g/mol. The topological polar surface area (TPSA) is 47.1 Å². The molecule has 0 aromatic carbocycles. The molecule has 2 N–H and O–H groups in total. The van der Waals surface area contributed by atoms with Crippen molar-refractivity contribution in [2.24, 2.45) is 11.1 Å². The molecular formula is C13H25ClN4. The maximum absolute atomic E-state index is 6.16. The summed E-state index contributed by atoms with van der Waals surface area (Å²) in [4.78, 5) is 2.49. The van der Waals surface area contributed by atoms with Gasteiger partial charge < -0.3 is 5.73 Å². The van der Waals surface area contributed by atoms with Crippen LogP contribution in [0, 0.1) is 5.41 Å². The van der Waals surface area contributed by atoms with Crippen molar-refractivity contribution >= 4 is 12.4 Å². The molecule has 18 heavy (non-hydrogen) atoms. The van der Waals surface area contributed by atoms with Crippen molar-refractivity contribution in [1.29, 1.82) is 0 Å². The first-order chi connectivity index (χ1) is 8.03. The van der Waals surface area contributed by atoms with E-state index in [2.05, 4.69) is 41.5 Å². The summed E-state index contributed by atoms with van der Waals surface area (Å²) in [6, 6.07) is 2.44. The maximum atomic E-state index is 6.16. The fourth-order valence-corrected chi connectivity index (χ4v) is 2.63. The molecule has 104 valence electrons. The number of piperidine rings is 1. The molecule has 0 aliphatic carbocycles.